The summed E-state index contributed by atoms with van der Waals surface area (Å²) in [5.41, 5.74) is 9.15. The standard InChI is InChI=1S/C21H21N5O2/c1-13(2)20(28)25-16-10-6-9-15-19(16)18(26-21(22)23-12-27)11-17(24-15)14-7-4-3-5-8-14/h3-13H,1-2H3,(H,25,28)(H3,22,23,24,26,27). The van der Waals surface area contributed by atoms with Gasteiger partial charge in [-0.05, 0) is 18.2 Å². The molecule has 2 amide bonds. The molecule has 0 atom stereocenters. The molecule has 142 valence electrons. The maximum Gasteiger partial charge on any atom is 0.226 e. The summed E-state index contributed by atoms with van der Waals surface area (Å²) < 4.78 is 0. The molecule has 0 unspecified atom stereocenters. The minimum Gasteiger partial charge on any atom is -0.369 e. The number of nitrogens with one attached hydrogen (secondary N) is 2. The minimum atomic E-state index is -0.180. The number of pyridine rings is 1. The zero-order valence-electron chi connectivity index (χ0n) is 15.6. The first-order valence-corrected chi connectivity index (χ1v) is 8.84. The number of anilines is 1. The maximum atomic E-state index is 12.2. The number of aromatic nitrogens is 1. The van der Waals surface area contributed by atoms with Gasteiger partial charge in [0, 0.05) is 16.9 Å². The SMILES string of the molecule is CC(C)C(=O)Nc1cccc2nc(-c3ccccc3)cc(N=C(N)NC=O)c12. The Morgan fingerprint density at radius 2 is 1.89 bits per heavy atom. The van der Waals surface area contributed by atoms with Crippen LogP contribution in [-0.4, -0.2) is 23.3 Å². The Morgan fingerprint density at radius 1 is 1.14 bits per heavy atom. The molecule has 0 bridgehead atoms. The number of rotatable bonds is 5. The zero-order valence-corrected chi connectivity index (χ0v) is 15.6. The molecule has 7 heteroatoms. The number of nitrogens with two attached hydrogens (primary N) is 1. The lowest BCUT2D eigenvalue weighted by Crippen LogP contribution is -2.29. The van der Waals surface area contributed by atoms with E-state index in [0.717, 1.165) is 5.56 Å². The highest BCUT2D eigenvalue weighted by Gasteiger charge is 2.14. The van der Waals surface area contributed by atoms with Gasteiger partial charge in [0.05, 0.1) is 22.6 Å². The van der Waals surface area contributed by atoms with Crippen molar-refractivity contribution in [1.29, 1.82) is 0 Å². The molecule has 28 heavy (non-hydrogen) atoms. The van der Waals surface area contributed by atoms with Gasteiger partial charge >= 0.3 is 0 Å². The number of nitrogens with zero attached hydrogens (tertiary/aromatic N) is 2. The molecule has 2 aromatic carbocycles. The predicted molar refractivity (Wildman–Crippen MR) is 111 cm³/mol. The van der Waals surface area contributed by atoms with E-state index in [1.807, 2.05) is 56.3 Å². The summed E-state index contributed by atoms with van der Waals surface area (Å²) in [4.78, 5) is 32.0. The van der Waals surface area contributed by atoms with Crippen molar-refractivity contribution in [2.75, 3.05) is 5.32 Å². The Hall–Kier alpha value is -3.74. The fraction of sp³-hybridized carbons (Fsp3) is 0.143. The second-order valence-corrected chi connectivity index (χ2v) is 6.50. The number of hydrogen-bond donors (Lipinski definition) is 3. The van der Waals surface area contributed by atoms with Crippen molar-refractivity contribution in [1.82, 2.24) is 10.3 Å². The first-order chi connectivity index (χ1) is 13.5. The van der Waals surface area contributed by atoms with Crippen molar-refractivity contribution in [2.45, 2.75) is 13.8 Å². The fourth-order valence-electron chi connectivity index (χ4n) is 2.71. The van der Waals surface area contributed by atoms with Crippen LogP contribution in [0.3, 0.4) is 0 Å². The van der Waals surface area contributed by atoms with Crippen LogP contribution in [0, 0.1) is 5.92 Å². The number of aliphatic imine (C=N–C) groups is 1. The molecule has 0 fully saturated rings. The fourth-order valence-corrected chi connectivity index (χ4v) is 2.71. The van der Waals surface area contributed by atoms with Gasteiger partial charge < -0.3 is 11.1 Å². The largest absolute Gasteiger partial charge is 0.369 e. The van der Waals surface area contributed by atoms with Gasteiger partial charge in [-0.1, -0.05) is 50.2 Å². The molecule has 0 aliphatic carbocycles. The molecular weight excluding hydrogens is 354 g/mol. The van der Waals surface area contributed by atoms with E-state index in [1.165, 1.54) is 0 Å². The van der Waals surface area contributed by atoms with Gasteiger partial charge in [0.2, 0.25) is 12.3 Å². The van der Waals surface area contributed by atoms with Crippen molar-refractivity contribution in [2.24, 2.45) is 16.6 Å². The van der Waals surface area contributed by atoms with E-state index >= 15 is 0 Å². The van der Waals surface area contributed by atoms with E-state index < -0.39 is 0 Å². The van der Waals surface area contributed by atoms with E-state index in [9.17, 15) is 9.59 Å². The van der Waals surface area contributed by atoms with Crippen LogP contribution in [0.4, 0.5) is 11.4 Å². The number of fused-ring (bicyclic) bond motifs is 1. The Morgan fingerprint density at radius 3 is 2.57 bits per heavy atom. The summed E-state index contributed by atoms with van der Waals surface area (Å²) in [7, 11) is 0. The first kappa shape index (κ1) is 19.0. The molecule has 1 heterocycles. The second kappa shape index (κ2) is 8.30. The monoisotopic (exact) mass is 375 g/mol. The molecule has 0 saturated carbocycles. The Bertz CT molecular complexity index is 1050. The summed E-state index contributed by atoms with van der Waals surface area (Å²) in [6, 6.07) is 16.9. The summed E-state index contributed by atoms with van der Waals surface area (Å²) in [6.07, 6.45) is 0.460. The predicted octanol–water partition coefficient (Wildman–Crippen LogP) is 3.19. The number of guanidine groups is 1. The van der Waals surface area contributed by atoms with E-state index in [0.29, 0.717) is 34.4 Å². The highest BCUT2D eigenvalue weighted by Crippen LogP contribution is 2.35. The van der Waals surface area contributed by atoms with Gasteiger partial charge in [-0.15, -0.1) is 0 Å². The van der Waals surface area contributed by atoms with Crippen molar-refractivity contribution in [3.05, 3.63) is 54.6 Å². The van der Waals surface area contributed by atoms with E-state index in [-0.39, 0.29) is 17.8 Å². The molecule has 0 aliphatic rings. The van der Waals surface area contributed by atoms with Gasteiger partial charge in [0.1, 0.15) is 0 Å². The van der Waals surface area contributed by atoms with Gasteiger partial charge in [0.25, 0.3) is 0 Å². The molecule has 4 N–H and O–H groups in total. The summed E-state index contributed by atoms with van der Waals surface area (Å²) in [5, 5.41) is 5.89. The lowest BCUT2D eigenvalue weighted by atomic mass is 10.1. The topological polar surface area (TPSA) is 109 Å². The summed E-state index contributed by atoms with van der Waals surface area (Å²) >= 11 is 0. The van der Waals surface area contributed by atoms with Crippen LogP contribution in [0.15, 0.2) is 59.6 Å². The van der Waals surface area contributed by atoms with Crippen LogP contribution in [0.25, 0.3) is 22.2 Å². The minimum absolute atomic E-state index is 0.0495. The molecule has 3 aromatic rings. The lowest BCUT2D eigenvalue weighted by molar-refractivity contribution is -0.118. The molecule has 1 aromatic heterocycles. The van der Waals surface area contributed by atoms with Gasteiger partial charge in [-0.3, -0.25) is 14.9 Å². The summed E-state index contributed by atoms with van der Waals surface area (Å²) in [5.74, 6) is -0.347. The molecule has 0 aliphatic heterocycles. The third-order valence-corrected chi connectivity index (χ3v) is 4.11. The van der Waals surface area contributed by atoms with Gasteiger partial charge in [0.15, 0.2) is 5.96 Å². The molecule has 0 saturated heterocycles. The lowest BCUT2D eigenvalue weighted by Gasteiger charge is -2.14. The van der Waals surface area contributed by atoms with E-state index in [2.05, 4.69) is 15.6 Å². The Labute approximate surface area is 162 Å². The van der Waals surface area contributed by atoms with Crippen LogP contribution in [0.1, 0.15) is 13.8 Å². The molecular formula is C21H21N5O2. The highest BCUT2D eigenvalue weighted by atomic mass is 16.1. The van der Waals surface area contributed by atoms with Crippen molar-refractivity contribution in [3.8, 4) is 11.3 Å². The molecule has 0 spiro atoms. The van der Waals surface area contributed by atoms with Crippen LogP contribution in [-0.2, 0) is 9.59 Å². The number of hydrogen-bond acceptors (Lipinski definition) is 4. The second-order valence-electron chi connectivity index (χ2n) is 6.50. The maximum absolute atomic E-state index is 12.2. The smallest absolute Gasteiger partial charge is 0.226 e. The summed E-state index contributed by atoms with van der Waals surface area (Å²) in [6.45, 7) is 3.63. The number of amides is 2. The van der Waals surface area contributed by atoms with Crippen molar-refractivity contribution < 1.29 is 9.59 Å². The van der Waals surface area contributed by atoms with Crippen LogP contribution < -0.4 is 16.4 Å². The van der Waals surface area contributed by atoms with Crippen LogP contribution in [0.2, 0.25) is 0 Å². The Kier molecular flexibility index (Phi) is 5.64. The van der Waals surface area contributed by atoms with Gasteiger partial charge in [-0.2, -0.15) is 0 Å². The molecule has 0 radical (unpaired) electrons. The van der Waals surface area contributed by atoms with Crippen molar-refractivity contribution in [3.63, 3.8) is 0 Å². The van der Waals surface area contributed by atoms with Crippen molar-refractivity contribution >= 4 is 40.6 Å². The average Bonchev–Trinajstić information content (AvgIpc) is 2.68. The Balaban J connectivity index is 2.24. The quantitative estimate of drug-likeness (QED) is 0.361. The average molecular weight is 375 g/mol. The third-order valence-electron chi connectivity index (χ3n) is 4.11. The third kappa shape index (κ3) is 4.15. The molecule has 3 rings (SSSR count). The van der Waals surface area contributed by atoms with Gasteiger partial charge in [-0.25, -0.2) is 9.98 Å². The first-order valence-electron chi connectivity index (χ1n) is 8.84. The van der Waals surface area contributed by atoms with Crippen LogP contribution in [0.5, 0.6) is 0 Å². The molecule has 7 nitrogen and oxygen atoms in total. The number of carbonyl (C=O) groups excluding carboxylic acids is 2. The highest BCUT2D eigenvalue weighted by molar-refractivity contribution is 6.08. The van der Waals surface area contributed by atoms with E-state index in [4.69, 9.17) is 10.7 Å². The number of carbonyl (C=O) groups is 2. The zero-order chi connectivity index (χ0) is 20.1. The number of benzene rings is 2. The van der Waals surface area contributed by atoms with E-state index in [1.54, 1.807) is 12.1 Å². The normalized spacial score (nSPS) is 11.5. The van der Waals surface area contributed by atoms with Crippen LogP contribution >= 0.6 is 0 Å².